The molecule has 0 radical (unpaired) electrons. The van der Waals surface area contributed by atoms with E-state index in [0.29, 0.717) is 0 Å². The van der Waals surface area contributed by atoms with Crippen LogP contribution in [0.5, 0.6) is 0 Å². The fourth-order valence-corrected chi connectivity index (χ4v) is 0.989. The lowest BCUT2D eigenvalue weighted by atomic mass is 10.3. The highest BCUT2D eigenvalue weighted by atomic mass is 19.1. The maximum absolute atomic E-state index is 13.2. The summed E-state index contributed by atoms with van der Waals surface area (Å²) in [5, 5.41) is 10.3. The third-order valence-corrected chi connectivity index (χ3v) is 1.57. The van der Waals surface area contributed by atoms with Gasteiger partial charge in [0.15, 0.2) is 0 Å². The second kappa shape index (κ2) is 2.81. The number of para-hydroxylation sites is 1. The predicted molar refractivity (Wildman–Crippen MR) is 43.5 cm³/mol. The lowest BCUT2D eigenvalue weighted by molar-refractivity contribution is 0.608. The van der Waals surface area contributed by atoms with Crippen LogP contribution in [-0.2, 0) is 0 Å². The van der Waals surface area contributed by atoms with Crippen LogP contribution in [0.1, 0.15) is 0 Å². The molecular weight excluding hydrogens is 173 g/mol. The number of rotatable bonds is 1. The molecule has 0 aliphatic heterocycles. The second-order valence-electron chi connectivity index (χ2n) is 2.40. The molecule has 0 aliphatic carbocycles. The fourth-order valence-electron chi connectivity index (χ4n) is 0.989. The SMILES string of the molecule is Nc1nnnn1-c1ccccc1F. The quantitative estimate of drug-likeness (QED) is 0.687. The first-order valence-corrected chi connectivity index (χ1v) is 3.58. The first-order valence-electron chi connectivity index (χ1n) is 3.58. The van der Waals surface area contributed by atoms with Crippen LogP contribution in [-0.4, -0.2) is 20.2 Å². The van der Waals surface area contributed by atoms with E-state index in [0.717, 1.165) is 4.68 Å². The van der Waals surface area contributed by atoms with Crippen molar-refractivity contribution in [2.75, 3.05) is 5.73 Å². The monoisotopic (exact) mass is 179 g/mol. The maximum atomic E-state index is 13.2. The molecule has 5 nitrogen and oxygen atoms in total. The third kappa shape index (κ3) is 1.22. The van der Waals surface area contributed by atoms with Crippen molar-refractivity contribution in [1.29, 1.82) is 0 Å². The Morgan fingerprint density at radius 3 is 2.69 bits per heavy atom. The molecular formula is C7H6FN5. The van der Waals surface area contributed by atoms with E-state index in [4.69, 9.17) is 5.73 Å². The van der Waals surface area contributed by atoms with Gasteiger partial charge in [0.1, 0.15) is 11.5 Å². The average molecular weight is 179 g/mol. The summed E-state index contributed by atoms with van der Waals surface area (Å²) in [6.07, 6.45) is 0. The van der Waals surface area contributed by atoms with Crippen LogP contribution in [0.15, 0.2) is 24.3 Å². The molecule has 1 heterocycles. The minimum atomic E-state index is -0.415. The minimum Gasteiger partial charge on any atom is -0.366 e. The van der Waals surface area contributed by atoms with Gasteiger partial charge < -0.3 is 5.73 Å². The molecule has 1 aromatic carbocycles. The van der Waals surface area contributed by atoms with Gasteiger partial charge in [0.25, 0.3) is 0 Å². The molecule has 13 heavy (non-hydrogen) atoms. The van der Waals surface area contributed by atoms with E-state index in [2.05, 4.69) is 15.5 Å². The van der Waals surface area contributed by atoms with Gasteiger partial charge in [-0.05, 0) is 22.6 Å². The van der Waals surface area contributed by atoms with Crippen molar-refractivity contribution < 1.29 is 4.39 Å². The molecule has 1 aromatic heterocycles. The minimum absolute atomic E-state index is 0.0603. The van der Waals surface area contributed by atoms with Crippen LogP contribution < -0.4 is 5.73 Å². The zero-order chi connectivity index (χ0) is 9.26. The van der Waals surface area contributed by atoms with Crippen molar-refractivity contribution in [3.8, 4) is 5.69 Å². The molecule has 0 bridgehead atoms. The van der Waals surface area contributed by atoms with Gasteiger partial charge in [-0.15, -0.1) is 0 Å². The zero-order valence-corrected chi connectivity index (χ0v) is 6.55. The molecule has 2 aromatic rings. The van der Waals surface area contributed by atoms with E-state index in [9.17, 15) is 4.39 Å². The van der Waals surface area contributed by atoms with Crippen molar-refractivity contribution in [2.24, 2.45) is 0 Å². The summed E-state index contributed by atoms with van der Waals surface area (Å²) >= 11 is 0. The van der Waals surface area contributed by atoms with Gasteiger partial charge in [0, 0.05) is 0 Å². The topological polar surface area (TPSA) is 69.6 Å². The van der Waals surface area contributed by atoms with E-state index in [1.165, 1.54) is 6.07 Å². The normalized spacial score (nSPS) is 10.2. The molecule has 0 aliphatic rings. The smallest absolute Gasteiger partial charge is 0.245 e. The Labute approximate surface area is 73.0 Å². The highest BCUT2D eigenvalue weighted by Crippen LogP contribution is 2.12. The number of benzene rings is 1. The number of nitrogens with zero attached hydrogens (tertiary/aromatic N) is 4. The van der Waals surface area contributed by atoms with Gasteiger partial charge in [0.05, 0.1) is 0 Å². The number of halogens is 1. The van der Waals surface area contributed by atoms with Crippen molar-refractivity contribution in [1.82, 2.24) is 20.2 Å². The molecule has 0 unspecified atom stereocenters. The van der Waals surface area contributed by atoms with Gasteiger partial charge >= 0.3 is 0 Å². The third-order valence-electron chi connectivity index (χ3n) is 1.57. The molecule has 0 atom stereocenters. The molecule has 0 saturated heterocycles. The number of anilines is 1. The molecule has 0 fully saturated rings. The van der Waals surface area contributed by atoms with E-state index in [1.54, 1.807) is 18.2 Å². The standard InChI is InChI=1S/C7H6FN5/c8-5-3-1-2-4-6(5)13-7(9)10-11-12-13/h1-4H,(H2,9,10,12). The molecule has 6 heteroatoms. The summed E-state index contributed by atoms with van der Waals surface area (Å²) < 4.78 is 14.3. The first-order chi connectivity index (χ1) is 6.29. The van der Waals surface area contributed by atoms with E-state index >= 15 is 0 Å². The van der Waals surface area contributed by atoms with Crippen molar-refractivity contribution in [2.45, 2.75) is 0 Å². The Balaban J connectivity index is 2.59. The maximum Gasteiger partial charge on any atom is 0.245 e. The van der Waals surface area contributed by atoms with Crippen LogP contribution in [0.3, 0.4) is 0 Å². The van der Waals surface area contributed by atoms with Crippen LogP contribution in [0.2, 0.25) is 0 Å². The van der Waals surface area contributed by atoms with Gasteiger partial charge in [-0.25, -0.2) is 4.39 Å². The highest BCUT2D eigenvalue weighted by Gasteiger charge is 2.07. The molecule has 0 saturated carbocycles. The number of hydrogen-bond donors (Lipinski definition) is 1. The number of tetrazole rings is 1. The summed E-state index contributed by atoms with van der Waals surface area (Å²) in [6.45, 7) is 0. The molecule has 0 spiro atoms. The van der Waals surface area contributed by atoms with Gasteiger partial charge in [-0.1, -0.05) is 17.2 Å². The second-order valence-corrected chi connectivity index (χ2v) is 2.40. The predicted octanol–water partition coefficient (Wildman–Crippen LogP) is 0.384. The number of nitrogens with two attached hydrogens (primary N) is 1. The van der Waals surface area contributed by atoms with Crippen LogP contribution >= 0.6 is 0 Å². The largest absolute Gasteiger partial charge is 0.366 e. The van der Waals surface area contributed by atoms with Crippen molar-refractivity contribution >= 4 is 5.95 Å². The van der Waals surface area contributed by atoms with Gasteiger partial charge in [-0.2, -0.15) is 4.68 Å². The Bertz CT molecular complexity index is 424. The molecule has 66 valence electrons. The summed E-state index contributed by atoms with van der Waals surface area (Å²) in [5.74, 6) is -0.355. The summed E-state index contributed by atoms with van der Waals surface area (Å²) in [7, 11) is 0. The lowest BCUT2D eigenvalue weighted by Crippen LogP contribution is -2.04. The lowest BCUT2D eigenvalue weighted by Gasteiger charge is -2.00. The summed E-state index contributed by atoms with van der Waals surface area (Å²) in [5.41, 5.74) is 5.64. The number of hydrogen-bond acceptors (Lipinski definition) is 4. The Morgan fingerprint density at radius 1 is 1.31 bits per heavy atom. The van der Waals surface area contributed by atoms with E-state index in [-0.39, 0.29) is 11.6 Å². The van der Waals surface area contributed by atoms with E-state index in [1.807, 2.05) is 0 Å². The number of aromatic nitrogens is 4. The first kappa shape index (κ1) is 7.66. The van der Waals surface area contributed by atoms with E-state index < -0.39 is 5.82 Å². The Hall–Kier alpha value is -1.98. The summed E-state index contributed by atoms with van der Waals surface area (Å²) in [4.78, 5) is 0. The van der Waals surface area contributed by atoms with Crippen molar-refractivity contribution in [3.63, 3.8) is 0 Å². The number of nitrogen functional groups attached to an aromatic ring is 1. The molecule has 0 amide bonds. The molecule has 2 rings (SSSR count). The average Bonchev–Trinajstić information content (AvgIpc) is 2.52. The Morgan fingerprint density at radius 2 is 2.08 bits per heavy atom. The molecule has 2 N–H and O–H groups in total. The fraction of sp³-hybridized carbons (Fsp3) is 0. The van der Waals surface area contributed by atoms with Crippen LogP contribution in [0, 0.1) is 5.82 Å². The Kier molecular flexibility index (Phi) is 1.66. The zero-order valence-electron chi connectivity index (χ0n) is 6.55. The summed E-state index contributed by atoms with van der Waals surface area (Å²) in [6, 6.07) is 6.12. The van der Waals surface area contributed by atoms with Crippen molar-refractivity contribution in [3.05, 3.63) is 30.1 Å². The van der Waals surface area contributed by atoms with Crippen LogP contribution in [0.25, 0.3) is 5.69 Å². The highest BCUT2D eigenvalue weighted by molar-refractivity contribution is 5.36. The van der Waals surface area contributed by atoms with Crippen LogP contribution in [0.4, 0.5) is 10.3 Å². The van der Waals surface area contributed by atoms with Gasteiger partial charge in [-0.3, -0.25) is 0 Å². The van der Waals surface area contributed by atoms with Gasteiger partial charge in [0.2, 0.25) is 5.95 Å².